The van der Waals surface area contributed by atoms with E-state index in [1.165, 1.54) is 41.3 Å². The maximum atomic E-state index is 4.85. The number of rotatable bonds is 4. The zero-order chi connectivity index (χ0) is 13.2. The fraction of sp³-hybridized carbons (Fsp3) is 0.533. The van der Waals surface area contributed by atoms with Crippen LogP contribution in [0.25, 0.3) is 10.6 Å². The number of aryl methyl sites for hydroxylation is 1. The van der Waals surface area contributed by atoms with Gasteiger partial charge >= 0.3 is 0 Å². The Morgan fingerprint density at radius 1 is 1.37 bits per heavy atom. The molecule has 19 heavy (non-hydrogen) atoms. The summed E-state index contributed by atoms with van der Waals surface area (Å²) in [5.74, 6) is 0. The first-order valence-corrected chi connectivity index (χ1v) is 8.06. The number of hydrogen-bond donors (Lipinski definition) is 0. The van der Waals surface area contributed by atoms with E-state index in [-0.39, 0.29) is 0 Å². The highest BCUT2D eigenvalue weighted by molar-refractivity contribution is 7.13. The summed E-state index contributed by atoms with van der Waals surface area (Å²) >= 11 is 1.79. The van der Waals surface area contributed by atoms with Gasteiger partial charge in [0.2, 0.25) is 0 Å². The van der Waals surface area contributed by atoms with Gasteiger partial charge in [0, 0.05) is 37.3 Å². The van der Waals surface area contributed by atoms with Crippen LogP contribution < -0.4 is 0 Å². The van der Waals surface area contributed by atoms with Gasteiger partial charge in [-0.15, -0.1) is 11.3 Å². The minimum Gasteiger partial charge on any atom is -0.299 e. The van der Waals surface area contributed by atoms with E-state index in [4.69, 9.17) is 5.10 Å². The molecular formula is C15H21N3S. The van der Waals surface area contributed by atoms with E-state index in [1.54, 1.807) is 11.3 Å². The lowest BCUT2D eigenvalue weighted by Crippen LogP contribution is -2.31. The van der Waals surface area contributed by atoms with Crippen molar-refractivity contribution >= 4 is 11.3 Å². The molecule has 0 amide bonds. The normalized spacial score (nSPS) is 15.7. The smallest absolute Gasteiger partial charge is 0.107 e. The van der Waals surface area contributed by atoms with E-state index in [1.807, 2.05) is 0 Å². The predicted octanol–water partition coefficient (Wildman–Crippen LogP) is 3.40. The van der Waals surface area contributed by atoms with Crippen molar-refractivity contribution in [1.82, 2.24) is 14.7 Å². The molecule has 0 bridgehead atoms. The molecule has 2 aromatic rings. The lowest BCUT2D eigenvalue weighted by molar-refractivity contribution is 0.252. The van der Waals surface area contributed by atoms with Crippen molar-refractivity contribution in [3.8, 4) is 10.6 Å². The molecule has 3 heterocycles. The monoisotopic (exact) mass is 275 g/mol. The van der Waals surface area contributed by atoms with Crippen molar-refractivity contribution in [3.05, 3.63) is 28.8 Å². The number of fused-ring (bicyclic) bond motifs is 1. The third-order valence-corrected chi connectivity index (χ3v) is 4.68. The summed E-state index contributed by atoms with van der Waals surface area (Å²) in [6.45, 7) is 8.85. The van der Waals surface area contributed by atoms with E-state index in [0.717, 1.165) is 19.5 Å². The summed E-state index contributed by atoms with van der Waals surface area (Å²) in [7, 11) is 0. The van der Waals surface area contributed by atoms with Gasteiger partial charge in [0.05, 0.1) is 4.88 Å². The third kappa shape index (κ3) is 2.35. The molecule has 0 fully saturated rings. The molecule has 0 atom stereocenters. The van der Waals surface area contributed by atoms with Gasteiger partial charge in [0.25, 0.3) is 0 Å². The number of hydrogen-bond acceptors (Lipinski definition) is 3. The van der Waals surface area contributed by atoms with Crippen molar-refractivity contribution < 1.29 is 0 Å². The predicted molar refractivity (Wildman–Crippen MR) is 80.5 cm³/mol. The van der Waals surface area contributed by atoms with Crippen molar-refractivity contribution in [1.29, 1.82) is 0 Å². The lowest BCUT2D eigenvalue weighted by atomic mass is 10.0. The third-order valence-electron chi connectivity index (χ3n) is 3.81. The molecule has 1 aliphatic heterocycles. The van der Waals surface area contributed by atoms with E-state index < -0.39 is 0 Å². The summed E-state index contributed by atoms with van der Waals surface area (Å²) in [5.41, 5.74) is 4.13. The van der Waals surface area contributed by atoms with Crippen molar-refractivity contribution in [2.75, 3.05) is 13.1 Å². The Morgan fingerprint density at radius 2 is 2.26 bits per heavy atom. The maximum absolute atomic E-state index is 4.85. The van der Waals surface area contributed by atoms with E-state index in [2.05, 4.69) is 40.9 Å². The molecule has 0 saturated heterocycles. The Morgan fingerprint density at radius 3 is 2.95 bits per heavy atom. The first-order valence-electron chi connectivity index (χ1n) is 7.18. The molecular weight excluding hydrogens is 254 g/mol. The Kier molecular flexibility index (Phi) is 3.71. The standard InChI is InChI=1S/C15H21N3S/c1-3-8-17-9-7-13-12(11-17)15(16-18(13)4-2)14-6-5-10-19-14/h5-6,10H,3-4,7-9,11H2,1-2H3. The molecule has 0 saturated carbocycles. The molecule has 3 nitrogen and oxygen atoms in total. The van der Waals surface area contributed by atoms with Crippen molar-refractivity contribution in [3.63, 3.8) is 0 Å². The second kappa shape index (κ2) is 5.47. The SMILES string of the molecule is CCCN1CCc2c(c(-c3cccs3)nn2CC)C1. The number of thiophene rings is 1. The van der Waals surface area contributed by atoms with Gasteiger partial charge in [0.15, 0.2) is 0 Å². The van der Waals surface area contributed by atoms with Gasteiger partial charge in [-0.05, 0) is 31.3 Å². The first kappa shape index (κ1) is 12.9. The molecule has 0 spiro atoms. The average Bonchev–Trinajstić information content (AvgIpc) is 3.05. The van der Waals surface area contributed by atoms with Gasteiger partial charge in [-0.3, -0.25) is 9.58 Å². The van der Waals surface area contributed by atoms with Gasteiger partial charge in [-0.2, -0.15) is 5.10 Å². The molecule has 2 aromatic heterocycles. The minimum atomic E-state index is 0.974. The lowest BCUT2D eigenvalue weighted by Gasteiger charge is -2.27. The van der Waals surface area contributed by atoms with Crippen LogP contribution in [0.2, 0.25) is 0 Å². The summed E-state index contributed by atoms with van der Waals surface area (Å²) in [5, 5.41) is 6.99. The summed E-state index contributed by atoms with van der Waals surface area (Å²) in [6, 6.07) is 4.30. The molecule has 0 aromatic carbocycles. The summed E-state index contributed by atoms with van der Waals surface area (Å²) < 4.78 is 2.20. The van der Waals surface area contributed by atoms with E-state index in [0.29, 0.717) is 0 Å². The van der Waals surface area contributed by atoms with E-state index >= 15 is 0 Å². The minimum absolute atomic E-state index is 0.974. The largest absolute Gasteiger partial charge is 0.299 e. The van der Waals surface area contributed by atoms with Crippen LogP contribution >= 0.6 is 11.3 Å². The zero-order valence-corrected chi connectivity index (χ0v) is 12.5. The van der Waals surface area contributed by atoms with Gasteiger partial charge < -0.3 is 0 Å². The number of nitrogens with zero attached hydrogens (tertiary/aromatic N) is 3. The van der Waals surface area contributed by atoms with Crippen LogP contribution in [0.1, 0.15) is 31.5 Å². The maximum Gasteiger partial charge on any atom is 0.107 e. The highest BCUT2D eigenvalue weighted by Crippen LogP contribution is 2.32. The quantitative estimate of drug-likeness (QED) is 0.852. The van der Waals surface area contributed by atoms with Gasteiger partial charge in [-0.1, -0.05) is 13.0 Å². The van der Waals surface area contributed by atoms with Crippen molar-refractivity contribution in [2.24, 2.45) is 0 Å². The Hall–Kier alpha value is -1.13. The molecule has 102 valence electrons. The van der Waals surface area contributed by atoms with Crippen LogP contribution in [0.5, 0.6) is 0 Å². The zero-order valence-electron chi connectivity index (χ0n) is 11.7. The number of aromatic nitrogens is 2. The highest BCUT2D eigenvalue weighted by Gasteiger charge is 2.24. The second-order valence-corrected chi connectivity index (χ2v) is 6.04. The highest BCUT2D eigenvalue weighted by atomic mass is 32.1. The van der Waals surface area contributed by atoms with Crippen LogP contribution in [-0.4, -0.2) is 27.8 Å². The first-order chi connectivity index (χ1) is 9.33. The molecule has 1 aliphatic rings. The van der Waals surface area contributed by atoms with Gasteiger partial charge in [0.1, 0.15) is 5.69 Å². The molecule has 0 N–H and O–H groups in total. The molecule has 3 rings (SSSR count). The topological polar surface area (TPSA) is 21.1 Å². The van der Waals surface area contributed by atoms with Crippen LogP contribution in [0.4, 0.5) is 0 Å². The summed E-state index contributed by atoms with van der Waals surface area (Å²) in [6.07, 6.45) is 2.37. The fourth-order valence-electron chi connectivity index (χ4n) is 2.93. The summed E-state index contributed by atoms with van der Waals surface area (Å²) in [4.78, 5) is 3.86. The molecule has 0 unspecified atom stereocenters. The van der Waals surface area contributed by atoms with Crippen LogP contribution in [-0.2, 0) is 19.5 Å². The second-order valence-electron chi connectivity index (χ2n) is 5.09. The molecule has 0 radical (unpaired) electrons. The van der Waals surface area contributed by atoms with Crippen LogP contribution in [0.15, 0.2) is 17.5 Å². The fourth-order valence-corrected chi connectivity index (χ4v) is 3.66. The molecule has 0 aliphatic carbocycles. The van der Waals surface area contributed by atoms with Crippen molar-refractivity contribution in [2.45, 2.75) is 39.8 Å². The van der Waals surface area contributed by atoms with Gasteiger partial charge in [-0.25, -0.2) is 0 Å². The Bertz CT molecular complexity index is 542. The average molecular weight is 275 g/mol. The van der Waals surface area contributed by atoms with E-state index in [9.17, 15) is 0 Å². The molecule has 4 heteroatoms. The van der Waals surface area contributed by atoms with Crippen LogP contribution in [0.3, 0.4) is 0 Å². The Labute approximate surface area is 118 Å². The van der Waals surface area contributed by atoms with Crippen LogP contribution in [0, 0.1) is 0 Å². The Balaban J connectivity index is 2.00.